The zero-order valence-electron chi connectivity index (χ0n) is 9.43. The summed E-state index contributed by atoms with van der Waals surface area (Å²) in [5, 5.41) is 4.07. The number of fused-ring (bicyclic) bond motifs is 1. The van der Waals surface area contributed by atoms with Gasteiger partial charge in [-0.3, -0.25) is 4.79 Å². The Morgan fingerprint density at radius 2 is 2.62 bits per heavy atom. The fourth-order valence-electron chi connectivity index (χ4n) is 2.27. The SMILES string of the molecule is COC(=O)C(N)CN1CCC2NN=CC2C1. The summed E-state index contributed by atoms with van der Waals surface area (Å²) in [6.07, 6.45) is 2.99. The lowest BCUT2D eigenvalue weighted by Gasteiger charge is -2.34. The molecule has 0 bridgehead atoms. The lowest BCUT2D eigenvalue weighted by atomic mass is 9.94. The number of carbonyl (C=O) groups is 1. The molecule has 3 N–H and O–H groups in total. The van der Waals surface area contributed by atoms with Crippen molar-refractivity contribution in [1.82, 2.24) is 10.3 Å². The Kier molecular flexibility index (Phi) is 3.40. The summed E-state index contributed by atoms with van der Waals surface area (Å²) < 4.78 is 4.61. The third-order valence-electron chi connectivity index (χ3n) is 3.21. The van der Waals surface area contributed by atoms with Gasteiger partial charge in [0.05, 0.1) is 13.2 Å². The molecule has 6 nitrogen and oxygen atoms in total. The number of nitrogens with one attached hydrogen (secondary N) is 1. The number of likely N-dealkylation sites (tertiary alicyclic amines) is 1. The number of nitrogens with two attached hydrogens (primary N) is 1. The number of rotatable bonds is 3. The average Bonchev–Trinajstić information content (AvgIpc) is 2.75. The van der Waals surface area contributed by atoms with Gasteiger partial charge < -0.3 is 20.8 Å². The Morgan fingerprint density at radius 1 is 1.81 bits per heavy atom. The molecule has 2 rings (SSSR count). The molecule has 0 amide bonds. The van der Waals surface area contributed by atoms with E-state index in [9.17, 15) is 4.79 Å². The van der Waals surface area contributed by atoms with Gasteiger partial charge in [0.15, 0.2) is 0 Å². The highest BCUT2D eigenvalue weighted by atomic mass is 16.5. The molecule has 3 atom stereocenters. The Labute approximate surface area is 94.8 Å². The number of methoxy groups -OCH3 is 1. The highest BCUT2D eigenvalue weighted by Crippen LogP contribution is 2.18. The molecule has 0 saturated carbocycles. The third kappa shape index (κ3) is 2.33. The van der Waals surface area contributed by atoms with E-state index >= 15 is 0 Å². The van der Waals surface area contributed by atoms with Crippen LogP contribution in [0.2, 0.25) is 0 Å². The lowest BCUT2D eigenvalue weighted by molar-refractivity contribution is -0.142. The maximum absolute atomic E-state index is 11.2. The molecule has 1 saturated heterocycles. The first-order chi connectivity index (χ1) is 7.70. The minimum Gasteiger partial charge on any atom is -0.468 e. The van der Waals surface area contributed by atoms with E-state index in [0.29, 0.717) is 18.5 Å². The van der Waals surface area contributed by atoms with Crippen LogP contribution in [0.15, 0.2) is 5.10 Å². The van der Waals surface area contributed by atoms with Crippen molar-refractivity contribution in [2.75, 3.05) is 26.7 Å². The topological polar surface area (TPSA) is 80.0 Å². The van der Waals surface area contributed by atoms with Gasteiger partial charge >= 0.3 is 5.97 Å². The largest absolute Gasteiger partial charge is 0.468 e. The van der Waals surface area contributed by atoms with Gasteiger partial charge in [-0.15, -0.1) is 0 Å². The first-order valence-corrected chi connectivity index (χ1v) is 5.55. The van der Waals surface area contributed by atoms with Crippen molar-refractivity contribution in [2.45, 2.75) is 18.5 Å². The van der Waals surface area contributed by atoms with E-state index in [0.717, 1.165) is 19.5 Å². The van der Waals surface area contributed by atoms with Crippen molar-refractivity contribution < 1.29 is 9.53 Å². The van der Waals surface area contributed by atoms with Gasteiger partial charge in [0, 0.05) is 31.8 Å². The molecule has 1 fully saturated rings. The molecule has 0 radical (unpaired) electrons. The first-order valence-electron chi connectivity index (χ1n) is 5.55. The van der Waals surface area contributed by atoms with Crippen LogP contribution in [-0.4, -0.2) is 55.9 Å². The van der Waals surface area contributed by atoms with Crippen LogP contribution in [0.25, 0.3) is 0 Å². The second-order valence-electron chi connectivity index (χ2n) is 4.36. The molecular formula is C10H18N4O2. The molecule has 16 heavy (non-hydrogen) atoms. The van der Waals surface area contributed by atoms with Crippen molar-refractivity contribution in [3.05, 3.63) is 0 Å². The quantitative estimate of drug-likeness (QED) is 0.589. The smallest absolute Gasteiger partial charge is 0.323 e. The molecule has 3 unspecified atom stereocenters. The Hall–Kier alpha value is -1.14. The van der Waals surface area contributed by atoms with Crippen LogP contribution in [-0.2, 0) is 9.53 Å². The number of esters is 1. The van der Waals surface area contributed by atoms with E-state index in [2.05, 4.69) is 20.2 Å². The number of nitrogens with zero attached hydrogens (tertiary/aromatic N) is 2. The zero-order chi connectivity index (χ0) is 11.5. The maximum Gasteiger partial charge on any atom is 0.323 e. The second-order valence-corrected chi connectivity index (χ2v) is 4.36. The average molecular weight is 226 g/mol. The molecule has 2 heterocycles. The Bertz CT molecular complexity index is 295. The summed E-state index contributed by atoms with van der Waals surface area (Å²) in [5.74, 6) is 0.0962. The van der Waals surface area contributed by atoms with Gasteiger partial charge in [0.2, 0.25) is 0 Å². The van der Waals surface area contributed by atoms with Gasteiger partial charge in [-0.05, 0) is 6.42 Å². The lowest BCUT2D eigenvalue weighted by Crippen LogP contribution is -2.51. The molecule has 0 spiro atoms. The van der Waals surface area contributed by atoms with Crippen LogP contribution in [0.4, 0.5) is 0 Å². The minimum absolute atomic E-state index is 0.347. The van der Waals surface area contributed by atoms with Crippen molar-refractivity contribution in [1.29, 1.82) is 0 Å². The van der Waals surface area contributed by atoms with Crippen LogP contribution in [0, 0.1) is 5.92 Å². The van der Waals surface area contributed by atoms with Crippen molar-refractivity contribution in [3.63, 3.8) is 0 Å². The molecule has 0 aromatic carbocycles. The van der Waals surface area contributed by atoms with Crippen molar-refractivity contribution >= 4 is 12.2 Å². The van der Waals surface area contributed by atoms with Crippen molar-refractivity contribution in [3.8, 4) is 0 Å². The Morgan fingerprint density at radius 3 is 3.38 bits per heavy atom. The minimum atomic E-state index is -0.548. The van der Waals surface area contributed by atoms with E-state index in [-0.39, 0.29) is 5.97 Å². The molecule has 0 aromatic heterocycles. The molecular weight excluding hydrogens is 208 g/mol. The van der Waals surface area contributed by atoms with E-state index < -0.39 is 6.04 Å². The predicted octanol–water partition coefficient (Wildman–Crippen LogP) is -1.23. The molecule has 2 aliphatic rings. The summed E-state index contributed by atoms with van der Waals surface area (Å²) in [7, 11) is 1.36. The van der Waals surface area contributed by atoms with E-state index in [1.807, 2.05) is 6.21 Å². The fraction of sp³-hybridized carbons (Fsp3) is 0.800. The molecule has 6 heteroatoms. The van der Waals surface area contributed by atoms with E-state index in [1.165, 1.54) is 7.11 Å². The highest BCUT2D eigenvalue weighted by molar-refractivity contribution is 5.75. The van der Waals surface area contributed by atoms with Crippen LogP contribution in [0.5, 0.6) is 0 Å². The summed E-state index contributed by atoms with van der Waals surface area (Å²) in [5.41, 5.74) is 8.82. The number of hydrogen-bond acceptors (Lipinski definition) is 6. The van der Waals surface area contributed by atoms with Crippen LogP contribution in [0.3, 0.4) is 0 Å². The van der Waals surface area contributed by atoms with E-state index in [4.69, 9.17) is 5.73 Å². The van der Waals surface area contributed by atoms with Gasteiger partial charge in [0.1, 0.15) is 6.04 Å². The standard InChI is InChI=1S/C10H18N4O2/c1-16-10(15)8(11)6-14-3-2-9-7(5-14)4-12-13-9/h4,7-9,13H,2-3,5-6,11H2,1H3. The number of piperidine rings is 1. The number of carbonyl (C=O) groups excluding carboxylic acids is 1. The monoisotopic (exact) mass is 226 g/mol. The summed E-state index contributed by atoms with van der Waals surface area (Å²) in [6.45, 7) is 2.41. The van der Waals surface area contributed by atoms with E-state index in [1.54, 1.807) is 0 Å². The number of hydrazone groups is 1. The molecule has 0 aliphatic carbocycles. The van der Waals surface area contributed by atoms with Crippen LogP contribution in [0.1, 0.15) is 6.42 Å². The third-order valence-corrected chi connectivity index (χ3v) is 3.21. The predicted molar refractivity (Wildman–Crippen MR) is 60.0 cm³/mol. The zero-order valence-corrected chi connectivity index (χ0v) is 9.43. The van der Waals surface area contributed by atoms with Gasteiger partial charge in [-0.25, -0.2) is 0 Å². The van der Waals surface area contributed by atoms with Gasteiger partial charge in [0.25, 0.3) is 0 Å². The van der Waals surface area contributed by atoms with Gasteiger partial charge in [-0.2, -0.15) is 5.10 Å². The summed E-state index contributed by atoms with van der Waals surface area (Å²) >= 11 is 0. The fourth-order valence-corrected chi connectivity index (χ4v) is 2.27. The normalized spacial score (nSPS) is 30.6. The second kappa shape index (κ2) is 4.80. The number of ether oxygens (including phenoxy) is 1. The summed E-state index contributed by atoms with van der Waals surface area (Å²) in [4.78, 5) is 13.4. The Balaban J connectivity index is 1.82. The number of hydrogen-bond donors (Lipinski definition) is 2. The molecule has 2 aliphatic heterocycles. The molecule has 90 valence electrons. The highest BCUT2D eigenvalue weighted by Gasteiger charge is 2.32. The van der Waals surface area contributed by atoms with Crippen molar-refractivity contribution in [2.24, 2.45) is 16.8 Å². The van der Waals surface area contributed by atoms with Crippen LogP contribution < -0.4 is 11.2 Å². The summed E-state index contributed by atoms with van der Waals surface area (Å²) in [6, 6.07) is -0.0848. The maximum atomic E-state index is 11.2. The molecule has 0 aromatic rings. The van der Waals surface area contributed by atoms with Crippen LogP contribution >= 0.6 is 0 Å². The first kappa shape index (κ1) is 11.3. The van der Waals surface area contributed by atoms with Gasteiger partial charge in [-0.1, -0.05) is 0 Å².